The van der Waals surface area contributed by atoms with Crippen LogP contribution in [0.25, 0.3) is 0 Å². The number of hydrogen-bond acceptors (Lipinski definition) is 3. The number of fused-ring (bicyclic) bond motifs is 2. The van der Waals surface area contributed by atoms with Gasteiger partial charge in [0.05, 0.1) is 25.2 Å². The third-order valence-electron chi connectivity index (χ3n) is 6.10. The van der Waals surface area contributed by atoms with E-state index in [1.54, 1.807) is 0 Å². The highest BCUT2D eigenvalue weighted by Gasteiger charge is 2.62. The molecule has 2 fully saturated rings. The SMILES string of the molecule is COC(=O)C(C)(C)COC1CC2CCC1(C)C2(C)C. The second-order valence-corrected chi connectivity index (χ2v) is 7.79. The van der Waals surface area contributed by atoms with E-state index < -0.39 is 5.41 Å². The minimum absolute atomic E-state index is 0.194. The normalized spacial score (nSPS) is 36.5. The van der Waals surface area contributed by atoms with Gasteiger partial charge in [-0.2, -0.15) is 0 Å². The van der Waals surface area contributed by atoms with Gasteiger partial charge < -0.3 is 9.47 Å². The average Bonchev–Trinajstić information content (AvgIpc) is 2.67. The fourth-order valence-electron chi connectivity index (χ4n) is 4.03. The summed E-state index contributed by atoms with van der Waals surface area (Å²) in [6.07, 6.45) is 3.99. The molecule has 3 atom stereocenters. The first-order valence-corrected chi connectivity index (χ1v) is 7.35. The molecule has 3 unspecified atom stereocenters. The summed E-state index contributed by atoms with van der Waals surface area (Å²) >= 11 is 0. The van der Waals surface area contributed by atoms with Crippen molar-refractivity contribution in [3.8, 4) is 0 Å². The second-order valence-electron chi connectivity index (χ2n) is 7.79. The Balaban J connectivity index is 2.01. The summed E-state index contributed by atoms with van der Waals surface area (Å²) in [6.45, 7) is 11.3. The van der Waals surface area contributed by atoms with Gasteiger partial charge in [-0.3, -0.25) is 4.79 Å². The number of methoxy groups -OCH3 is 1. The van der Waals surface area contributed by atoms with Crippen molar-refractivity contribution < 1.29 is 14.3 Å². The van der Waals surface area contributed by atoms with Gasteiger partial charge in [0.1, 0.15) is 0 Å². The highest BCUT2D eigenvalue weighted by Crippen LogP contribution is 2.66. The Bertz CT molecular complexity index is 372. The Kier molecular flexibility index (Phi) is 3.49. The zero-order chi connectivity index (χ0) is 14.5. The van der Waals surface area contributed by atoms with Crippen LogP contribution in [-0.4, -0.2) is 25.8 Å². The van der Waals surface area contributed by atoms with E-state index in [9.17, 15) is 4.79 Å². The molecule has 2 bridgehead atoms. The number of hydrogen-bond donors (Lipinski definition) is 0. The Morgan fingerprint density at radius 1 is 1.32 bits per heavy atom. The molecule has 2 aliphatic rings. The van der Waals surface area contributed by atoms with Gasteiger partial charge in [-0.25, -0.2) is 0 Å². The van der Waals surface area contributed by atoms with Crippen LogP contribution in [0.3, 0.4) is 0 Å². The lowest BCUT2D eigenvalue weighted by Gasteiger charge is -2.39. The molecule has 0 spiro atoms. The summed E-state index contributed by atoms with van der Waals surface area (Å²) in [6, 6.07) is 0. The molecule has 0 aromatic carbocycles. The van der Waals surface area contributed by atoms with Crippen LogP contribution in [-0.2, 0) is 14.3 Å². The summed E-state index contributed by atoms with van der Waals surface area (Å²) in [7, 11) is 1.44. The van der Waals surface area contributed by atoms with E-state index in [4.69, 9.17) is 9.47 Å². The van der Waals surface area contributed by atoms with Crippen LogP contribution >= 0.6 is 0 Å². The van der Waals surface area contributed by atoms with Gasteiger partial charge in [0.2, 0.25) is 0 Å². The molecule has 0 aromatic heterocycles. The molecule has 0 radical (unpaired) electrons. The number of carbonyl (C=O) groups is 1. The molecule has 110 valence electrons. The monoisotopic (exact) mass is 268 g/mol. The van der Waals surface area contributed by atoms with Gasteiger partial charge in [-0.05, 0) is 49.9 Å². The molecule has 0 amide bonds. The van der Waals surface area contributed by atoms with Crippen LogP contribution in [0.5, 0.6) is 0 Å². The first kappa shape index (κ1) is 14.8. The number of esters is 1. The maximum Gasteiger partial charge on any atom is 0.313 e. The van der Waals surface area contributed by atoms with Crippen LogP contribution in [0, 0.1) is 22.2 Å². The summed E-state index contributed by atoms with van der Waals surface area (Å²) in [4.78, 5) is 11.7. The van der Waals surface area contributed by atoms with E-state index in [0.717, 1.165) is 12.3 Å². The van der Waals surface area contributed by atoms with Crippen molar-refractivity contribution in [1.29, 1.82) is 0 Å². The van der Waals surface area contributed by atoms with Crippen molar-refractivity contribution in [2.75, 3.05) is 13.7 Å². The van der Waals surface area contributed by atoms with Gasteiger partial charge >= 0.3 is 5.97 Å². The maximum absolute atomic E-state index is 11.7. The topological polar surface area (TPSA) is 35.5 Å². The van der Waals surface area contributed by atoms with Crippen molar-refractivity contribution in [2.24, 2.45) is 22.2 Å². The second kappa shape index (κ2) is 4.47. The average molecular weight is 268 g/mol. The predicted octanol–water partition coefficient (Wildman–Crippen LogP) is 3.42. The smallest absolute Gasteiger partial charge is 0.313 e. The lowest BCUT2D eigenvalue weighted by Crippen LogP contribution is -2.40. The molecule has 3 heteroatoms. The van der Waals surface area contributed by atoms with E-state index in [1.165, 1.54) is 20.0 Å². The van der Waals surface area contributed by atoms with Crippen LogP contribution in [0.1, 0.15) is 53.9 Å². The Labute approximate surface area is 117 Å². The van der Waals surface area contributed by atoms with Gasteiger partial charge in [-0.1, -0.05) is 20.8 Å². The summed E-state index contributed by atoms with van der Waals surface area (Å²) < 4.78 is 11.0. The van der Waals surface area contributed by atoms with Crippen molar-refractivity contribution in [1.82, 2.24) is 0 Å². The Morgan fingerprint density at radius 2 is 1.95 bits per heavy atom. The molecule has 2 aliphatic carbocycles. The van der Waals surface area contributed by atoms with Gasteiger partial charge in [0.25, 0.3) is 0 Å². The molecule has 0 heterocycles. The van der Waals surface area contributed by atoms with Crippen LogP contribution < -0.4 is 0 Å². The minimum atomic E-state index is -0.558. The highest BCUT2D eigenvalue weighted by molar-refractivity contribution is 5.75. The third kappa shape index (κ3) is 2.10. The van der Waals surface area contributed by atoms with Gasteiger partial charge in [0, 0.05) is 0 Å². The van der Waals surface area contributed by atoms with Crippen molar-refractivity contribution >= 4 is 5.97 Å². The summed E-state index contributed by atoms with van der Waals surface area (Å²) in [5, 5.41) is 0. The maximum atomic E-state index is 11.7. The van der Waals surface area contributed by atoms with E-state index >= 15 is 0 Å². The minimum Gasteiger partial charge on any atom is -0.469 e. The fraction of sp³-hybridized carbons (Fsp3) is 0.938. The summed E-state index contributed by atoms with van der Waals surface area (Å²) in [5.74, 6) is 0.573. The van der Waals surface area contributed by atoms with Crippen molar-refractivity contribution in [3.05, 3.63) is 0 Å². The number of ether oxygens (including phenoxy) is 2. The molecule has 0 saturated heterocycles. The van der Waals surface area contributed by atoms with E-state index in [1.807, 2.05) is 13.8 Å². The molecular weight excluding hydrogens is 240 g/mol. The molecule has 0 N–H and O–H groups in total. The number of rotatable bonds is 4. The van der Waals surface area contributed by atoms with Crippen LogP contribution in [0.4, 0.5) is 0 Å². The van der Waals surface area contributed by atoms with E-state index in [0.29, 0.717) is 12.0 Å². The quantitative estimate of drug-likeness (QED) is 0.733. The van der Waals surface area contributed by atoms with Crippen LogP contribution in [0.2, 0.25) is 0 Å². The predicted molar refractivity (Wildman–Crippen MR) is 74.8 cm³/mol. The van der Waals surface area contributed by atoms with Crippen molar-refractivity contribution in [2.45, 2.75) is 60.0 Å². The molecule has 0 aromatic rings. The molecular formula is C16H28O3. The standard InChI is InChI=1S/C16H28O3/c1-14(2,13(17)18-6)10-19-12-9-11-7-8-16(12,5)15(11,3)4/h11-12H,7-10H2,1-6H3. The highest BCUT2D eigenvalue weighted by atomic mass is 16.5. The van der Waals surface area contributed by atoms with E-state index in [2.05, 4.69) is 20.8 Å². The Hall–Kier alpha value is -0.570. The largest absolute Gasteiger partial charge is 0.469 e. The zero-order valence-electron chi connectivity index (χ0n) is 13.2. The number of carbonyl (C=O) groups excluding carboxylic acids is 1. The molecule has 2 saturated carbocycles. The molecule has 2 rings (SSSR count). The van der Waals surface area contributed by atoms with Gasteiger partial charge in [0.15, 0.2) is 0 Å². The van der Waals surface area contributed by atoms with Crippen LogP contribution in [0.15, 0.2) is 0 Å². The fourth-order valence-corrected chi connectivity index (χ4v) is 4.03. The molecule has 19 heavy (non-hydrogen) atoms. The summed E-state index contributed by atoms with van der Waals surface area (Å²) in [5.41, 5.74) is 0.0496. The first-order chi connectivity index (χ1) is 8.65. The lowest BCUT2D eigenvalue weighted by molar-refractivity contribution is -0.158. The first-order valence-electron chi connectivity index (χ1n) is 7.35. The Morgan fingerprint density at radius 3 is 2.37 bits per heavy atom. The molecule has 3 nitrogen and oxygen atoms in total. The molecule has 0 aliphatic heterocycles. The lowest BCUT2D eigenvalue weighted by atomic mass is 9.70. The third-order valence-corrected chi connectivity index (χ3v) is 6.10. The zero-order valence-corrected chi connectivity index (χ0v) is 13.2. The van der Waals surface area contributed by atoms with Gasteiger partial charge in [-0.15, -0.1) is 0 Å². The van der Waals surface area contributed by atoms with E-state index in [-0.39, 0.29) is 17.5 Å². The van der Waals surface area contributed by atoms with Crippen molar-refractivity contribution in [3.63, 3.8) is 0 Å².